The van der Waals surface area contributed by atoms with Crippen LogP contribution in [-0.4, -0.2) is 24.3 Å². The number of hydrogen-bond acceptors (Lipinski definition) is 3. The van der Waals surface area contributed by atoms with Crippen LogP contribution in [0.15, 0.2) is 4.99 Å². The Morgan fingerprint density at radius 2 is 2.07 bits per heavy atom. The summed E-state index contributed by atoms with van der Waals surface area (Å²) in [6.45, 7) is 5.06. The second-order valence-corrected chi connectivity index (χ2v) is 4.35. The van der Waals surface area contributed by atoms with E-state index in [-0.39, 0.29) is 5.54 Å². The number of rotatable bonds is 5. The molecule has 0 spiro atoms. The van der Waals surface area contributed by atoms with Crippen molar-refractivity contribution in [2.45, 2.75) is 64.0 Å². The molecule has 86 valence electrons. The standard InChI is InChI=1S/C12H21NO2/c1-3-9-15-11-5-7-12(4-2,8-6-11)13-10-14/h11H,3-9H2,1-2H3. The van der Waals surface area contributed by atoms with Crippen LogP contribution in [0.1, 0.15) is 52.4 Å². The van der Waals surface area contributed by atoms with E-state index in [0.29, 0.717) is 6.10 Å². The van der Waals surface area contributed by atoms with Crippen LogP contribution in [0, 0.1) is 0 Å². The Morgan fingerprint density at radius 1 is 1.40 bits per heavy atom. The van der Waals surface area contributed by atoms with E-state index in [1.54, 1.807) is 6.08 Å². The molecule has 0 aromatic heterocycles. The lowest BCUT2D eigenvalue weighted by atomic mass is 9.79. The molecule has 0 N–H and O–H groups in total. The zero-order valence-electron chi connectivity index (χ0n) is 9.79. The van der Waals surface area contributed by atoms with Crippen LogP contribution in [0.4, 0.5) is 0 Å². The maximum absolute atomic E-state index is 10.4. The molecular weight excluding hydrogens is 190 g/mol. The van der Waals surface area contributed by atoms with Gasteiger partial charge in [-0.1, -0.05) is 13.8 Å². The molecule has 0 saturated heterocycles. The highest BCUT2D eigenvalue weighted by Gasteiger charge is 2.33. The molecular formula is C12H21NO2. The molecule has 0 radical (unpaired) electrons. The lowest BCUT2D eigenvalue weighted by Crippen LogP contribution is -2.34. The molecule has 1 aliphatic rings. The Balaban J connectivity index is 2.42. The van der Waals surface area contributed by atoms with Gasteiger partial charge < -0.3 is 4.74 Å². The summed E-state index contributed by atoms with van der Waals surface area (Å²) in [5.74, 6) is 0. The highest BCUT2D eigenvalue weighted by Crippen LogP contribution is 2.35. The van der Waals surface area contributed by atoms with E-state index in [1.165, 1.54) is 0 Å². The van der Waals surface area contributed by atoms with Crippen LogP contribution >= 0.6 is 0 Å². The Hall–Kier alpha value is -0.660. The predicted molar refractivity (Wildman–Crippen MR) is 59.6 cm³/mol. The molecule has 0 aliphatic heterocycles. The fraction of sp³-hybridized carbons (Fsp3) is 0.917. The summed E-state index contributed by atoms with van der Waals surface area (Å²) in [5, 5.41) is 0. The molecule has 1 rings (SSSR count). The largest absolute Gasteiger partial charge is 0.378 e. The van der Waals surface area contributed by atoms with Crippen LogP contribution in [0.3, 0.4) is 0 Å². The van der Waals surface area contributed by atoms with Crippen molar-refractivity contribution in [2.75, 3.05) is 6.61 Å². The third-order valence-electron chi connectivity index (χ3n) is 3.36. The van der Waals surface area contributed by atoms with Gasteiger partial charge in [-0.05, 0) is 38.5 Å². The van der Waals surface area contributed by atoms with E-state index in [9.17, 15) is 4.79 Å². The number of ether oxygens (including phenoxy) is 1. The summed E-state index contributed by atoms with van der Waals surface area (Å²) in [6.07, 6.45) is 8.09. The number of aliphatic imine (C=N–C) groups is 1. The first kappa shape index (κ1) is 12.4. The second kappa shape index (κ2) is 6.04. The van der Waals surface area contributed by atoms with Gasteiger partial charge in [0.25, 0.3) is 0 Å². The highest BCUT2D eigenvalue weighted by molar-refractivity contribution is 5.35. The van der Waals surface area contributed by atoms with E-state index < -0.39 is 0 Å². The fourth-order valence-corrected chi connectivity index (χ4v) is 2.22. The van der Waals surface area contributed by atoms with Crippen LogP contribution in [0.25, 0.3) is 0 Å². The summed E-state index contributed by atoms with van der Waals surface area (Å²) in [4.78, 5) is 14.4. The topological polar surface area (TPSA) is 38.7 Å². The summed E-state index contributed by atoms with van der Waals surface area (Å²) in [7, 11) is 0. The summed E-state index contributed by atoms with van der Waals surface area (Å²) in [6, 6.07) is 0. The zero-order valence-corrected chi connectivity index (χ0v) is 9.79. The normalized spacial score (nSPS) is 30.9. The van der Waals surface area contributed by atoms with Gasteiger partial charge in [0.2, 0.25) is 6.08 Å². The van der Waals surface area contributed by atoms with Crippen molar-refractivity contribution >= 4 is 6.08 Å². The maximum Gasteiger partial charge on any atom is 0.235 e. The quantitative estimate of drug-likeness (QED) is 0.518. The average Bonchev–Trinajstić information content (AvgIpc) is 2.29. The average molecular weight is 211 g/mol. The molecule has 0 amide bonds. The second-order valence-electron chi connectivity index (χ2n) is 4.35. The van der Waals surface area contributed by atoms with Crippen molar-refractivity contribution < 1.29 is 9.53 Å². The first-order valence-corrected chi connectivity index (χ1v) is 5.97. The zero-order chi connectivity index (χ0) is 11.1. The molecule has 0 atom stereocenters. The van der Waals surface area contributed by atoms with Crippen molar-refractivity contribution in [3.63, 3.8) is 0 Å². The molecule has 15 heavy (non-hydrogen) atoms. The van der Waals surface area contributed by atoms with E-state index in [0.717, 1.165) is 45.1 Å². The molecule has 3 heteroatoms. The van der Waals surface area contributed by atoms with Gasteiger partial charge in [0.05, 0.1) is 11.6 Å². The monoisotopic (exact) mass is 211 g/mol. The highest BCUT2D eigenvalue weighted by atomic mass is 16.5. The molecule has 0 aromatic carbocycles. The lowest BCUT2D eigenvalue weighted by molar-refractivity contribution is 0.0135. The van der Waals surface area contributed by atoms with E-state index in [2.05, 4.69) is 18.8 Å². The first-order chi connectivity index (χ1) is 7.26. The van der Waals surface area contributed by atoms with Crippen molar-refractivity contribution in [1.29, 1.82) is 0 Å². The van der Waals surface area contributed by atoms with E-state index in [1.807, 2.05) is 0 Å². The van der Waals surface area contributed by atoms with Crippen molar-refractivity contribution in [1.82, 2.24) is 0 Å². The Morgan fingerprint density at radius 3 is 2.53 bits per heavy atom. The van der Waals surface area contributed by atoms with Gasteiger partial charge in [-0.15, -0.1) is 0 Å². The van der Waals surface area contributed by atoms with Gasteiger partial charge in [-0.2, -0.15) is 4.99 Å². The summed E-state index contributed by atoms with van der Waals surface area (Å²) >= 11 is 0. The molecule has 0 aromatic rings. The van der Waals surface area contributed by atoms with Gasteiger partial charge in [-0.3, -0.25) is 0 Å². The van der Waals surface area contributed by atoms with E-state index in [4.69, 9.17) is 4.74 Å². The molecule has 1 aliphatic carbocycles. The Kier molecular flexibility index (Phi) is 5.00. The van der Waals surface area contributed by atoms with Crippen LogP contribution < -0.4 is 0 Å². The summed E-state index contributed by atoms with van der Waals surface area (Å²) in [5.41, 5.74) is -0.131. The molecule has 1 fully saturated rings. The first-order valence-electron chi connectivity index (χ1n) is 5.97. The molecule has 0 bridgehead atoms. The Labute approximate surface area is 91.9 Å². The molecule has 1 saturated carbocycles. The van der Waals surface area contributed by atoms with Gasteiger partial charge in [0.15, 0.2) is 0 Å². The maximum atomic E-state index is 10.4. The fourth-order valence-electron chi connectivity index (χ4n) is 2.22. The van der Waals surface area contributed by atoms with Gasteiger partial charge in [-0.25, -0.2) is 4.79 Å². The molecule has 0 heterocycles. The third-order valence-corrected chi connectivity index (χ3v) is 3.36. The third kappa shape index (κ3) is 3.44. The van der Waals surface area contributed by atoms with Crippen molar-refractivity contribution in [3.05, 3.63) is 0 Å². The van der Waals surface area contributed by atoms with Gasteiger partial charge >= 0.3 is 0 Å². The number of nitrogens with zero attached hydrogens (tertiary/aromatic N) is 1. The number of hydrogen-bond donors (Lipinski definition) is 0. The minimum atomic E-state index is -0.131. The number of isocyanates is 1. The van der Waals surface area contributed by atoms with Crippen molar-refractivity contribution in [2.24, 2.45) is 4.99 Å². The SMILES string of the molecule is CCCOC1CCC(CC)(N=C=O)CC1. The van der Waals surface area contributed by atoms with Crippen LogP contribution in [0.2, 0.25) is 0 Å². The van der Waals surface area contributed by atoms with Gasteiger partial charge in [0, 0.05) is 6.61 Å². The number of carbonyl (C=O) groups excluding carboxylic acids is 1. The van der Waals surface area contributed by atoms with Crippen molar-refractivity contribution in [3.8, 4) is 0 Å². The van der Waals surface area contributed by atoms with Crippen LogP contribution in [0.5, 0.6) is 0 Å². The minimum absolute atomic E-state index is 0.131. The lowest BCUT2D eigenvalue weighted by Gasteiger charge is -2.35. The minimum Gasteiger partial charge on any atom is -0.378 e. The summed E-state index contributed by atoms with van der Waals surface area (Å²) < 4.78 is 5.71. The smallest absolute Gasteiger partial charge is 0.235 e. The predicted octanol–water partition coefficient (Wildman–Crippen LogP) is 2.84. The van der Waals surface area contributed by atoms with E-state index >= 15 is 0 Å². The van der Waals surface area contributed by atoms with Crippen LogP contribution in [-0.2, 0) is 9.53 Å². The van der Waals surface area contributed by atoms with Gasteiger partial charge in [0.1, 0.15) is 0 Å². The molecule has 0 unspecified atom stereocenters. The Bertz CT molecular complexity index is 226. The molecule has 3 nitrogen and oxygen atoms in total.